The van der Waals surface area contributed by atoms with Gasteiger partial charge in [-0.3, -0.25) is 0 Å². The first kappa shape index (κ1) is 15.2. The van der Waals surface area contributed by atoms with E-state index >= 15 is 0 Å². The van der Waals surface area contributed by atoms with E-state index in [0.717, 1.165) is 10.9 Å². The normalized spacial score (nSPS) is 10.6. The lowest BCUT2D eigenvalue weighted by Crippen LogP contribution is -2.06. The molecule has 1 aromatic heterocycles. The van der Waals surface area contributed by atoms with Crippen molar-refractivity contribution in [3.8, 4) is 0 Å². The Balaban J connectivity index is 1.78. The number of aromatic nitrogens is 1. The predicted molar refractivity (Wildman–Crippen MR) is 77.3 cm³/mol. The monoisotopic (exact) mass is 293 g/mol. The van der Waals surface area contributed by atoms with Crippen LogP contribution >= 0.6 is 0 Å². The average Bonchev–Trinajstić information content (AvgIpc) is 2.93. The molecule has 0 aliphatic carbocycles. The topological polar surface area (TPSA) is 42.1 Å². The summed E-state index contributed by atoms with van der Waals surface area (Å²) in [6.45, 7) is 1.65. The van der Waals surface area contributed by atoms with Crippen LogP contribution in [0.25, 0.3) is 10.9 Å². The number of H-pyrrole nitrogens is 1. The number of carbonyl (C=O) groups excluding carboxylic acids is 1. The smallest absolute Gasteiger partial charge is 0.338 e. The molecule has 0 amide bonds. The zero-order chi connectivity index (χ0) is 15.2. The molecule has 0 radical (unpaired) electrons. The van der Waals surface area contributed by atoms with Crippen molar-refractivity contribution in [1.29, 1.82) is 0 Å². The minimum absolute atomic E-state index is 0.0965. The molecule has 5 heteroatoms. The van der Waals surface area contributed by atoms with Gasteiger partial charge in [0, 0.05) is 17.1 Å². The standard InChI is InChI=1S/C16H17F2NO2/c1-11(15(17)18)4-2-3-9-21-16(20)13-5-6-14-12(10-13)7-8-19-14/h5-8,10,19H,2-4,9H2,1H3. The van der Waals surface area contributed by atoms with Crippen molar-refractivity contribution < 1.29 is 18.3 Å². The first-order valence-electron chi connectivity index (χ1n) is 6.83. The van der Waals surface area contributed by atoms with Gasteiger partial charge < -0.3 is 9.72 Å². The fraction of sp³-hybridized carbons (Fsp3) is 0.312. The molecule has 1 N–H and O–H groups in total. The van der Waals surface area contributed by atoms with E-state index in [1.165, 1.54) is 6.92 Å². The molecular weight excluding hydrogens is 276 g/mol. The fourth-order valence-electron chi connectivity index (χ4n) is 2.02. The van der Waals surface area contributed by atoms with Crippen molar-refractivity contribution in [1.82, 2.24) is 4.98 Å². The maximum Gasteiger partial charge on any atom is 0.338 e. The highest BCUT2D eigenvalue weighted by Crippen LogP contribution is 2.16. The summed E-state index contributed by atoms with van der Waals surface area (Å²) in [6, 6.07) is 7.17. The Morgan fingerprint density at radius 1 is 1.24 bits per heavy atom. The van der Waals surface area contributed by atoms with Crippen LogP contribution in [-0.4, -0.2) is 17.6 Å². The third-order valence-electron chi connectivity index (χ3n) is 3.29. The third-order valence-corrected chi connectivity index (χ3v) is 3.29. The molecule has 0 aliphatic rings. The number of hydrogen-bond acceptors (Lipinski definition) is 2. The molecule has 0 atom stereocenters. The van der Waals surface area contributed by atoms with Crippen LogP contribution in [0, 0.1) is 0 Å². The number of hydrogen-bond donors (Lipinski definition) is 1. The molecule has 112 valence electrons. The Morgan fingerprint density at radius 3 is 2.81 bits per heavy atom. The fourth-order valence-corrected chi connectivity index (χ4v) is 2.02. The van der Waals surface area contributed by atoms with Gasteiger partial charge in [0.25, 0.3) is 6.08 Å². The molecule has 0 saturated carbocycles. The van der Waals surface area contributed by atoms with Crippen LogP contribution in [0.3, 0.4) is 0 Å². The molecular formula is C16H17F2NO2. The highest BCUT2D eigenvalue weighted by Gasteiger charge is 2.08. The van der Waals surface area contributed by atoms with Gasteiger partial charge in [-0.2, -0.15) is 8.78 Å². The van der Waals surface area contributed by atoms with Gasteiger partial charge >= 0.3 is 5.97 Å². The maximum atomic E-state index is 12.2. The summed E-state index contributed by atoms with van der Waals surface area (Å²) in [5.74, 6) is -0.387. The first-order valence-corrected chi connectivity index (χ1v) is 6.83. The van der Waals surface area contributed by atoms with Gasteiger partial charge in [0.05, 0.1) is 12.2 Å². The summed E-state index contributed by atoms with van der Waals surface area (Å²) >= 11 is 0. The molecule has 1 heterocycles. The molecule has 0 aliphatic heterocycles. The van der Waals surface area contributed by atoms with E-state index in [9.17, 15) is 13.6 Å². The number of carbonyl (C=O) groups is 1. The van der Waals surface area contributed by atoms with Crippen LogP contribution < -0.4 is 0 Å². The lowest BCUT2D eigenvalue weighted by molar-refractivity contribution is 0.0498. The van der Waals surface area contributed by atoms with Crippen molar-refractivity contribution in [2.75, 3.05) is 6.61 Å². The summed E-state index contributed by atoms with van der Waals surface area (Å²) in [5.41, 5.74) is 1.55. The summed E-state index contributed by atoms with van der Waals surface area (Å²) in [6.07, 6.45) is 1.66. The predicted octanol–water partition coefficient (Wildman–Crippen LogP) is 4.67. The number of allylic oxidation sites excluding steroid dienone is 1. The van der Waals surface area contributed by atoms with Crippen molar-refractivity contribution in [2.45, 2.75) is 26.2 Å². The van der Waals surface area contributed by atoms with Crippen molar-refractivity contribution >= 4 is 16.9 Å². The molecule has 21 heavy (non-hydrogen) atoms. The van der Waals surface area contributed by atoms with E-state index in [1.54, 1.807) is 18.3 Å². The Hall–Kier alpha value is -2.17. The molecule has 2 rings (SSSR count). The van der Waals surface area contributed by atoms with E-state index in [-0.39, 0.29) is 18.1 Å². The minimum Gasteiger partial charge on any atom is -0.462 e. The second-order valence-corrected chi connectivity index (χ2v) is 4.91. The first-order chi connectivity index (χ1) is 10.1. The number of rotatable bonds is 6. The number of unbranched alkanes of at least 4 members (excludes halogenated alkanes) is 1. The van der Waals surface area contributed by atoms with E-state index in [0.29, 0.717) is 24.8 Å². The van der Waals surface area contributed by atoms with Crippen LogP contribution in [0.1, 0.15) is 36.5 Å². The SMILES string of the molecule is CC(CCCCOC(=O)c1ccc2[nH]ccc2c1)=C(F)F. The molecule has 0 spiro atoms. The van der Waals surface area contributed by atoms with Gasteiger partial charge in [-0.05, 0) is 56.0 Å². The molecule has 1 aromatic carbocycles. The number of benzene rings is 1. The maximum absolute atomic E-state index is 12.2. The van der Waals surface area contributed by atoms with Crippen LogP contribution in [0.15, 0.2) is 42.1 Å². The van der Waals surface area contributed by atoms with Gasteiger partial charge in [-0.1, -0.05) is 0 Å². The number of fused-ring (bicyclic) bond motifs is 1. The van der Waals surface area contributed by atoms with Crippen molar-refractivity contribution in [3.63, 3.8) is 0 Å². The Morgan fingerprint density at radius 2 is 2.05 bits per heavy atom. The van der Waals surface area contributed by atoms with Crippen molar-refractivity contribution in [3.05, 3.63) is 47.7 Å². The van der Waals surface area contributed by atoms with Crippen molar-refractivity contribution in [2.24, 2.45) is 0 Å². The van der Waals surface area contributed by atoms with E-state index in [2.05, 4.69) is 4.98 Å². The summed E-state index contributed by atoms with van der Waals surface area (Å²) in [7, 11) is 0. The summed E-state index contributed by atoms with van der Waals surface area (Å²) in [4.78, 5) is 14.9. The van der Waals surface area contributed by atoms with Gasteiger partial charge in [-0.25, -0.2) is 4.79 Å². The molecule has 0 bridgehead atoms. The van der Waals surface area contributed by atoms with Gasteiger partial charge in [-0.15, -0.1) is 0 Å². The van der Waals surface area contributed by atoms with Crippen LogP contribution in [0.5, 0.6) is 0 Å². The Bertz CT molecular complexity index is 657. The van der Waals surface area contributed by atoms with E-state index < -0.39 is 6.08 Å². The molecule has 0 fully saturated rings. The number of esters is 1. The summed E-state index contributed by atoms with van der Waals surface area (Å²) in [5, 5.41) is 0.948. The molecule has 3 nitrogen and oxygen atoms in total. The molecule has 2 aromatic rings. The lowest BCUT2D eigenvalue weighted by atomic mass is 10.1. The second-order valence-electron chi connectivity index (χ2n) is 4.91. The zero-order valence-corrected chi connectivity index (χ0v) is 11.8. The summed E-state index contributed by atoms with van der Waals surface area (Å²) < 4.78 is 29.5. The third kappa shape index (κ3) is 4.15. The van der Waals surface area contributed by atoms with Crippen LogP contribution in [0.2, 0.25) is 0 Å². The zero-order valence-electron chi connectivity index (χ0n) is 11.8. The molecule has 0 saturated heterocycles. The van der Waals surface area contributed by atoms with Gasteiger partial charge in [0.1, 0.15) is 0 Å². The number of aromatic amines is 1. The quantitative estimate of drug-likeness (QED) is 0.621. The highest BCUT2D eigenvalue weighted by molar-refractivity contribution is 5.94. The Kier molecular flexibility index (Phi) is 5.09. The van der Waals surface area contributed by atoms with Crippen LogP contribution in [0.4, 0.5) is 8.78 Å². The Labute approximate surface area is 121 Å². The second kappa shape index (κ2) is 7.02. The van der Waals surface area contributed by atoms with E-state index in [1.807, 2.05) is 12.1 Å². The highest BCUT2D eigenvalue weighted by atomic mass is 19.3. The number of ether oxygens (including phenoxy) is 1. The van der Waals surface area contributed by atoms with Crippen LogP contribution in [-0.2, 0) is 4.74 Å². The largest absolute Gasteiger partial charge is 0.462 e. The number of halogens is 2. The average molecular weight is 293 g/mol. The number of nitrogens with one attached hydrogen (secondary N) is 1. The molecule has 0 unspecified atom stereocenters. The van der Waals surface area contributed by atoms with Gasteiger partial charge in [0.15, 0.2) is 0 Å². The lowest BCUT2D eigenvalue weighted by Gasteiger charge is -2.05. The van der Waals surface area contributed by atoms with Gasteiger partial charge in [0.2, 0.25) is 0 Å². The van der Waals surface area contributed by atoms with E-state index in [4.69, 9.17) is 4.74 Å². The minimum atomic E-state index is -1.62.